The lowest BCUT2D eigenvalue weighted by molar-refractivity contribution is -0.145. The molecule has 0 spiro atoms. The lowest BCUT2D eigenvalue weighted by Gasteiger charge is -2.31. The van der Waals surface area contributed by atoms with Crippen molar-refractivity contribution < 1.29 is 23.9 Å². The topological polar surface area (TPSA) is 84.9 Å². The number of rotatable bonds is 7. The lowest BCUT2D eigenvalue weighted by Crippen LogP contribution is -2.46. The van der Waals surface area contributed by atoms with Gasteiger partial charge in [0.1, 0.15) is 16.8 Å². The summed E-state index contributed by atoms with van der Waals surface area (Å²) in [5.41, 5.74) is 0.639. The van der Waals surface area contributed by atoms with Crippen LogP contribution in [0.3, 0.4) is 0 Å². The third-order valence-electron chi connectivity index (χ3n) is 6.17. The highest BCUT2D eigenvalue weighted by molar-refractivity contribution is 6.43. The summed E-state index contributed by atoms with van der Waals surface area (Å²) in [6.45, 7) is 2.49. The fraction of sp³-hybridized carbons (Fsp3) is 0.542. The van der Waals surface area contributed by atoms with E-state index in [-0.39, 0.29) is 23.8 Å². The largest absolute Gasteiger partial charge is 0.489 e. The molecular formula is C24H30Cl2N2O5. The molecule has 1 heterocycles. The second-order valence-electron chi connectivity index (χ2n) is 8.49. The number of esters is 1. The Kier molecular flexibility index (Phi) is 9.03. The molecule has 0 bridgehead atoms. The average molecular weight is 497 g/mol. The molecule has 33 heavy (non-hydrogen) atoms. The monoisotopic (exact) mass is 496 g/mol. The molecule has 0 radical (unpaired) electrons. The Hall–Kier alpha value is -2.25. The summed E-state index contributed by atoms with van der Waals surface area (Å²) in [7, 11) is 1.28. The molecule has 7 nitrogen and oxygen atoms in total. The zero-order valence-electron chi connectivity index (χ0n) is 18.9. The fourth-order valence-corrected chi connectivity index (χ4v) is 4.58. The van der Waals surface area contributed by atoms with Gasteiger partial charge in [-0.3, -0.25) is 9.59 Å². The minimum Gasteiger partial charge on any atom is -0.489 e. The summed E-state index contributed by atoms with van der Waals surface area (Å²) in [6, 6.07) is 2.88. The van der Waals surface area contributed by atoms with E-state index in [9.17, 15) is 14.4 Å². The van der Waals surface area contributed by atoms with E-state index in [2.05, 4.69) is 10.1 Å². The molecule has 2 amide bonds. The Bertz CT molecular complexity index is 906. The molecule has 3 rings (SSSR count). The number of likely N-dealkylation sites (tertiary alicyclic amines) is 1. The van der Waals surface area contributed by atoms with Gasteiger partial charge in [0.15, 0.2) is 0 Å². The number of hydrogen-bond acceptors (Lipinski definition) is 5. The van der Waals surface area contributed by atoms with Gasteiger partial charge in [0.2, 0.25) is 11.8 Å². The highest BCUT2D eigenvalue weighted by Crippen LogP contribution is 2.37. The van der Waals surface area contributed by atoms with Gasteiger partial charge in [-0.05, 0) is 69.2 Å². The predicted octanol–water partition coefficient (Wildman–Crippen LogP) is 4.24. The predicted molar refractivity (Wildman–Crippen MR) is 127 cm³/mol. The van der Waals surface area contributed by atoms with E-state index in [4.69, 9.17) is 27.9 Å². The van der Waals surface area contributed by atoms with Crippen molar-refractivity contribution in [1.82, 2.24) is 10.2 Å². The maximum absolute atomic E-state index is 12.6. The number of ether oxygens (including phenoxy) is 2. The second-order valence-corrected chi connectivity index (χ2v) is 9.25. The molecule has 1 saturated heterocycles. The number of hydrogen-bond donors (Lipinski definition) is 1. The number of carbonyl (C=O) groups excluding carboxylic acids is 3. The quantitative estimate of drug-likeness (QED) is 0.450. The van der Waals surface area contributed by atoms with E-state index < -0.39 is 12.0 Å². The van der Waals surface area contributed by atoms with E-state index in [1.54, 1.807) is 30.0 Å². The van der Waals surface area contributed by atoms with Crippen LogP contribution in [0.2, 0.25) is 10.0 Å². The van der Waals surface area contributed by atoms with Crippen molar-refractivity contribution >= 4 is 47.1 Å². The summed E-state index contributed by atoms with van der Waals surface area (Å²) in [5.74, 6) is -0.519. The first-order chi connectivity index (χ1) is 15.8. The first kappa shape index (κ1) is 25.4. The van der Waals surface area contributed by atoms with E-state index >= 15 is 0 Å². The zero-order valence-corrected chi connectivity index (χ0v) is 20.5. The Morgan fingerprint density at radius 3 is 2.39 bits per heavy atom. The van der Waals surface area contributed by atoms with Crippen LogP contribution in [0, 0.1) is 5.92 Å². The van der Waals surface area contributed by atoms with Crippen LogP contribution in [0.4, 0.5) is 0 Å². The molecule has 1 aliphatic heterocycles. The van der Waals surface area contributed by atoms with Crippen molar-refractivity contribution in [2.75, 3.05) is 20.2 Å². The van der Waals surface area contributed by atoms with Crippen LogP contribution in [0.15, 0.2) is 18.2 Å². The molecule has 0 aromatic heterocycles. The van der Waals surface area contributed by atoms with Gasteiger partial charge in [0.25, 0.3) is 0 Å². The maximum Gasteiger partial charge on any atom is 0.328 e. The number of halogens is 2. The molecule has 1 N–H and O–H groups in total. The van der Waals surface area contributed by atoms with Gasteiger partial charge < -0.3 is 19.7 Å². The highest BCUT2D eigenvalue weighted by Gasteiger charge is 2.28. The SMILES string of the molecule is COC(=O)C(C)NC(=O)C1CCN(C(=O)C=Cc2ccc(OC3CCCC3)c(Cl)c2Cl)CC1. The first-order valence-corrected chi connectivity index (χ1v) is 12.1. The van der Waals surface area contributed by atoms with Crippen LogP contribution in [0.5, 0.6) is 5.75 Å². The fourth-order valence-electron chi connectivity index (χ4n) is 4.15. The third kappa shape index (κ3) is 6.64. The minimum absolute atomic E-state index is 0.157. The van der Waals surface area contributed by atoms with Gasteiger partial charge >= 0.3 is 5.97 Å². The zero-order chi connectivity index (χ0) is 24.0. The number of methoxy groups -OCH3 is 1. The lowest BCUT2D eigenvalue weighted by atomic mass is 9.95. The van der Waals surface area contributed by atoms with Crippen molar-refractivity contribution in [1.29, 1.82) is 0 Å². The number of nitrogens with one attached hydrogen (secondary N) is 1. The molecule has 1 atom stereocenters. The molecule has 180 valence electrons. The molecule has 9 heteroatoms. The first-order valence-electron chi connectivity index (χ1n) is 11.3. The molecule has 1 unspecified atom stereocenters. The van der Waals surface area contributed by atoms with Crippen molar-refractivity contribution in [3.8, 4) is 5.75 Å². The Morgan fingerprint density at radius 2 is 1.76 bits per heavy atom. The summed E-state index contributed by atoms with van der Waals surface area (Å²) in [5, 5.41) is 3.37. The molecule has 1 aliphatic carbocycles. The molecule has 2 fully saturated rings. The Labute approximate surface area is 204 Å². The van der Waals surface area contributed by atoms with E-state index in [1.807, 2.05) is 0 Å². The van der Waals surface area contributed by atoms with Gasteiger partial charge in [-0.2, -0.15) is 0 Å². The van der Waals surface area contributed by atoms with Crippen LogP contribution in [-0.4, -0.2) is 55.0 Å². The van der Waals surface area contributed by atoms with Crippen molar-refractivity contribution in [2.24, 2.45) is 5.92 Å². The summed E-state index contributed by atoms with van der Waals surface area (Å²) < 4.78 is 10.6. The van der Waals surface area contributed by atoms with E-state index in [0.717, 1.165) is 25.7 Å². The van der Waals surface area contributed by atoms with Crippen LogP contribution < -0.4 is 10.1 Å². The molecule has 1 aromatic rings. The number of carbonyl (C=O) groups is 3. The number of piperidine rings is 1. The van der Waals surface area contributed by atoms with Gasteiger partial charge in [0.05, 0.1) is 18.2 Å². The minimum atomic E-state index is -0.698. The van der Waals surface area contributed by atoms with Crippen molar-refractivity contribution in [3.05, 3.63) is 33.8 Å². The molecule has 2 aliphatic rings. The van der Waals surface area contributed by atoms with Crippen LogP contribution in [-0.2, 0) is 19.1 Å². The third-order valence-corrected chi connectivity index (χ3v) is 7.05. The summed E-state index contributed by atoms with van der Waals surface area (Å²) in [6.07, 6.45) is 8.70. The van der Waals surface area contributed by atoms with E-state index in [1.165, 1.54) is 13.2 Å². The van der Waals surface area contributed by atoms with Crippen LogP contribution >= 0.6 is 23.2 Å². The van der Waals surface area contributed by atoms with Gasteiger partial charge in [-0.15, -0.1) is 0 Å². The van der Waals surface area contributed by atoms with Crippen molar-refractivity contribution in [3.63, 3.8) is 0 Å². The van der Waals surface area contributed by atoms with Gasteiger partial charge in [-0.1, -0.05) is 23.2 Å². The summed E-state index contributed by atoms with van der Waals surface area (Å²) in [4.78, 5) is 38.1. The molecule has 1 saturated carbocycles. The summed E-state index contributed by atoms with van der Waals surface area (Å²) >= 11 is 12.8. The van der Waals surface area contributed by atoms with Crippen LogP contribution in [0.25, 0.3) is 6.08 Å². The molecular weight excluding hydrogens is 467 g/mol. The average Bonchev–Trinajstić information content (AvgIpc) is 3.34. The van der Waals surface area contributed by atoms with E-state index in [0.29, 0.717) is 47.3 Å². The maximum atomic E-state index is 12.6. The van der Waals surface area contributed by atoms with Crippen molar-refractivity contribution in [2.45, 2.75) is 57.6 Å². The second kappa shape index (κ2) is 11.7. The standard InChI is InChI=1S/C24H30Cl2N2O5/c1-15(24(31)32-2)27-23(30)17-11-13-28(14-12-17)20(29)10-8-16-7-9-19(22(26)21(16)25)33-18-5-3-4-6-18/h7-10,15,17-18H,3-6,11-14H2,1-2H3,(H,27,30). The number of benzene rings is 1. The number of amides is 2. The highest BCUT2D eigenvalue weighted by atomic mass is 35.5. The van der Waals surface area contributed by atoms with Crippen LogP contribution in [0.1, 0.15) is 51.0 Å². The smallest absolute Gasteiger partial charge is 0.328 e. The van der Waals surface area contributed by atoms with Gasteiger partial charge in [0, 0.05) is 25.1 Å². The Morgan fingerprint density at radius 1 is 1.09 bits per heavy atom. The normalized spacial score (nSPS) is 18.4. The molecule has 1 aromatic carbocycles. The Balaban J connectivity index is 1.52. The van der Waals surface area contributed by atoms with Gasteiger partial charge in [-0.25, -0.2) is 4.79 Å². The number of nitrogens with zero attached hydrogens (tertiary/aromatic N) is 1.